The highest BCUT2D eigenvalue weighted by Crippen LogP contribution is 2.18. The van der Waals surface area contributed by atoms with Crippen molar-refractivity contribution < 1.29 is 9.90 Å². The first-order valence-corrected chi connectivity index (χ1v) is 6.58. The monoisotopic (exact) mass is 271 g/mol. The van der Waals surface area contributed by atoms with Gasteiger partial charge in [0.25, 0.3) is 5.91 Å². The number of aliphatic hydroxyl groups is 1. The van der Waals surface area contributed by atoms with Crippen LogP contribution < -0.4 is 5.32 Å². The predicted molar refractivity (Wildman–Crippen MR) is 77.4 cm³/mol. The van der Waals surface area contributed by atoms with Crippen LogP contribution in [0.4, 0.5) is 5.69 Å². The van der Waals surface area contributed by atoms with Gasteiger partial charge in [-0.25, -0.2) is 0 Å². The first kappa shape index (κ1) is 13.3. The number of carbonyl (C=O) groups excluding carboxylic acids is 1. The van der Waals surface area contributed by atoms with Crippen LogP contribution in [0.25, 0.3) is 0 Å². The Hall–Kier alpha value is -2.09. The molecule has 0 fully saturated rings. The van der Waals surface area contributed by atoms with Gasteiger partial charge < -0.3 is 10.4 Å². The number of rotatable bonds is 2. The zero-order chi connectivity index (χ0) is 13.7. The molecule has 1 aromatic heterocycles. The molecule has 0 radical (unpaired) electrons. The maximum atomic E-state index is 12.0. The summed E-state index contributed by atoms with van der Waals surface area (Å²) < 4.78 is 0. The molecule has 1 aromatic carbocycles. The molecule has 96 valence electrons. The Morgan fingerprint density at radius 2 is 2.21 bits per heavy atom. The zero-order valence-corrected chi connectivity index (χ0v) is 11.3. The Labute approximate surface area is 115 Å². The van der Waals surface area contributed by atoms with Crippen molar-refractivity contribution in [3.63, 3.8) is 0 Å². The lowest BCUT2D eigenvalue weighted by Gasteiger charge is -2.03. The summed E-state index contributed by atoms with van der Waals surface area (Å²) in [5, 5.41) is 11.5. The Morgan fingerprint density at radius 3 is 2.95 bits per heavy atom. The molecule has 2 N–H and O–H groups in total. The number of amides is 1. The largest absolute Gasteiger partial charge is 0.384 e. The first-order chi connectivity index (χ1) is 9.19. The lowest BCUT2D eigenvalue weighted by Crippen LogP contribution is -2.09. The third-order valence-electron chi connectivity index (χ3n) is 2.40. The topological polar surface area (TPSA) is 49.3 Å². The van der Waals surface area contributed by atoms with Gasteiger partial charge in [-0.3, -0.25) is 4.79 Å². The molecular formula is C15H13NO2S. The summed E-state index contributed by atoms with van der Waals surface area (Å²) in [7, 11) is 0. The zero-order valence-electron chi connectivity index (χ0n) is 10.4. The second-order valence-electron chi connectivity index (χ2n) is 3.95. The molecule has 1 heterocycles. The molecule has 0 aliphatic carbocycles. The number of hydrogen-bond donors (Lipinski definition) is 2. The Balaban J connectivity index is 2.10. The molecule has 0 atom stereocenters. The molecule has 0 bridgehead atoms. The van der Waals surface area contributed by atoms with Crippen LogP contribution in [0.15, 0.2) is 36.4 Å². The summed E-state index contributed by atoms with van der Waals surface area (Å²) in [5.74, 6) is 5.19. The van der Waals surface area contributed by atoms with Crippen LogP contribution in [-0.2, 0) is 0 Å². The Bertz CT molecular complexity index is 649. The lowest BCUT2D eigenvalue weighted by atomic mass is 10.2. The van der Waals surface area contributed by atoms with E-state index in [9.17, 15) is 4.79 Å². The third kappa shape index (κ3) is 3.68. The van der Waals surface area contributed by atoms with Gasteiger partial charge in [0, 0.05) is 5.69 Å². The van der Waals surface area contributed by atoms with Gasteiger partial charge in [-0.2, -0.15) is 0 Å². The number of nitrogens with one attached hydrogen (secondary N) is 1. The standard InChI is InChI=1S/C15H13NO2S/c1-11-4-2-5-12(10-11)16-15(18)14-8-7-13(19-14)6-3-9-17/h2,4-5,7-8,10,17H,9H2,1H3,(H,16,18). The van der Waals surface area contributed by atoms with Gasteiger partial charge in [0.05, 0.1) is 9.75 Å². The van der Waals surface area contributed by atoms with Gasteiger partial charge in [-0.15, -0.1) is 11.3 Å². The fourth-order valence-electron chi connectivity index (χ4n) is 1.57. The summed E-state index contributed by atoms with van der Waals surface area (Å²) in [6.45, 7) is 1.80. The van der Waals surface area contributed by atoms with Crippen LogP contribution in [0.1, 0.15) is 20.1 Å². The van der Waals surface area contributed by atoms with Gasteiger partial charge in [0.15, 0.2) is 0 Å². The first-order valence-electron chi connectivity index (χ1n) is 5.76. The SMILES string of the molecule is Cc1cccc(NC(=O)c2ccc(C#CCO)s2)c1. The van der Waals surface area contributed by atoms with Crippen molar-refractivity contribution in [3.05, 3.63) is 51.7 Å². The molecule has 4 heteroatoms. The van der Waals surface area contributed by atoms with Crippen LogP contribution in [0.3, 0.4) is 0 Å². The van der Waals surface area contributed by atoms with Crippen molar-refractivity contribution in [2.24, 2.45) is 0 Å². The van der Waals surface area contributed by atoms with Crippen molar-refractivity contribution in [3.8, 4) is 11.8 Å². The van der Waals surface area contributed by atoms with Gasteiger partial charge in [0.1, 0.15) is 6.61 Å². The number of aliphatic hydroxyl groups excluding tert-OH is 1. The smallest absolute Gasteiger partial charge is 0.265 e. The van der Waals surface area contributed by atoms with Crippen molar-refractivity contribution in [2.75, 3.05) is 11.9 Å². The van der Waals surface area contributed by atoms with Crippen LogP contribution in [0.5, 0.6) is 0 Å². The van der Waals surface area contributed by atoms with E-state index in [0.29, 0.717) is 4.88 Å². The normalized spacial score (nSPS) is 9.58. The number of thiophene rings is 1. The molecular weight excluding hydrogens is 258 g/mol. The molecule has 3 nitrogen and oxygen atoms in total. The van der Waals surface area contributed by atoms with Crippen molar-refractivity contribution in [1.29, 1.82) is 0 Å². The molecule has 2 aromatic rings. The summed E-state index contributed by atoms with van der Waals surface area (Å²) in [5.41, 5.74) is 1.87. The van der Waals surface area contributed by atoms with Crippen LogP contribution in [0, 0.1) is 18.8 Å². The van der Waals surface area contributed by atoms with Crippen LogP contribution in [0.2, 0.25) is 0 Å². The van der Waals surface area contributed by atoms with E-state index in [-0.39, 0.29) is 12.5 Å². The molecule has 19 heavy (non-hydrogen) atoms. The predicted octanol–water partition coefficient (Wildman–Crippen LogP) is 2.65. The molecule has 0 spiro atoms. The lowest BCUT2D eigenvalue weighted by molar-refractivity contribution is 0.103. The fourth-order valence-corrected chi connectivity index (χ4v) is 2.35. The summed E-state index contributed by atoms with van der Waals surface area (Å²) >= 11 is 1.31. The molecule has 0 saturated heterocycles. The quantitative estimate of drug-likeness (QED) is 0.825. The van der Waals surface area contributed by atoms with E-state index in [0.717, 1.165) is 16.1 Å². The van der Waals surface area contributed by atoms with Crippen LogP contribution >= 0.6 is 11.3 Å². The van der Waals surface area contributed by atoms with E-state index in [4.69, 9.17) is 5.11 Å². The van der Waals surface area contributed by atoms with Gasteiger partial charge in [0.2, 0.25) is 0 Å². The van der Waals surface area contributed by atoms with E-state index in [2.05, 4.69) is 17.2 Å². The minimum absolute atomic E-state index is 0.146. The molecule has 0 aliphatic heterocycles. The van der Waals surface area contributed by atoms with Crippen LogP contribution in [-0.4, -0.2) is 17.6 Å². The third-order valence-corrected chi connectivity index (χ3v) is 3.40. The molecule has 2 rings (SSSR count). The summed E-state index contributed by atoms with van der Waals surface area (Å²) in [6, 6.07) is 11.2. The Morgan fingerprint density at radius 1 is 1.37 bits per heavy atom. The minimum Gasteiger partial charge on any atom is -0.384 e. The summed E-state index contributed by atoms with van der Waals surface area (Å²) in [6.07, 6.45) is 0. The fraction of sp³-hybridized carbons (Fsp3) is 0.133. The van der Waals surface area contributed by atoms with E-state index < -0.39 is 0 Å². The average Bonchev–Trinajstić information content (AvgIpc) is 2.85. The molecule has 0 saturated carbocycles. The van der Waals surface area contributed by atoms with E-state index in [1.807, 2.05) is 31.2 Å². The number of aryl methyl sites for hydroxylation is 1. The maximum absolute atomic E-state index is 12.0. The Kier molecular flexibility index (Phi) is 4.35. The molecule has 0 aliphatic rings. The maximum Gasteiger partial charge on any atom is 0.265 e. The number of anilines is 1. The molecule has 0 unspecified atom stereocenters. The second-order valence-corrected chi connectivity index (χ2v) is 5.03. The van der Waals surface area contributed by atoms with Crippen molar-refractivity contribution in [2.45, 2.75) is 6.92 Å². The average molecular weight is 271 g/mol. The van der Waals surface area contributed by atoms with Crippen molar-refractivity contribution in [1.82, 2.24) is 0 Å². The van der Waals surface area contributed by atoms with Gasteiger partial charge in [-0.05, 0) is 36.8 Å². The number of hydrogen-bond acceptors (Lipinski definition) is 3. The second kappa shape index (κ2) is 6.19. The van der Waals surface area contributed by atoms with Gasteiger partial charge in [-0.1, -0.05) is 24.0 Å². The highest BCUT2D eigenvalue weighted by Gasteiger charge is 2.08. The number of benzene rings is 1. The molecule has 1 amide bonds. The highest BCUT2D eigenvalue weighted by atomic mass is 32.1. The van der Waals surface area contributed by atoms with Crippen molar-refractivity contribution >= 4 is 22.9 Å². The summed E-state index contributed by atoms with van der Waals surface area (Å²) in [4.78, 5) is 13.4. The van der Waals surface area contributed by atoms with E-state index >= 15 is 0 Å². The minimum atomic E-state index is -0.178. The highest BCUT2D eigenvalue weighted by molar-refractivity contribution is 7.14. The van der Waals surface area contributed by atoms with E-state index in [1.165, 1.54) is 11.3 Å². The van der Waals surface area contributed by atoms with Gasteiger partial charge >= 0.3 is 0 Å². The van der Waals surface area contributed by atoms with E-state index in [1.54, 1.807) is 12.1 Å². The number of carbonyl (C=O) groups is 1.